The van der Waals surface area contributed by atoms with E-state index in [1.807, 2.05) is 0 Å². The predicted octanol–water partition coefficient (Wildman–Crippen LogP) is 5.96. The fraction of sp³-hybridized carbons (Fsp3) is 0.400. The van der Waals surface area contributed by atoms with Gasteiger partial charge in [0, 0.05) is 5.92 Å². The highest BCUT2D eigenvalue weighted by Gasteiger charge is 2.26. The highest BCUT2D eigenvalue weighted by Crippen LogP contribution is 2.39. The third-order valence-corrected chi connectivity index (χ3v) is 6.67. The Morgan fingerprint density at radius 1 is 0.647 bits per heavy atom. The van der Waals surface area contributed by atoms with E-state index in [2.05, 4.69) is 83.1 Å². The van der Waals surface area contributed by atoms with E-state index in [0.717, 1.165) is 47.0 Å². The number of benzene rings is 3. The van der Waals surface area contributed by atoms with Gasteiger partial charge in [0.2, 0.25) is 0 Å². The molecule has 0 saturated carbocycles. The molecule has 2 aliphatic rings. The van der Waals surface area contributed by atoms with Crippen LogP contribution in [0.2, 0.25) is 0 Å². The second kappa shape index (κ2) is 9.44. The minimum absolute atomic E-state index is 0.122. The summed E-state index contributed by atoms with van der Waals surface area (Å²) in [7, 11) is 0. The van der Waals surface area contributed by atoms with Crippen LogP contribution in [0.15, 0.2) is 48.5 Å². The molecule has 2 heterocycles. The lowest BCUT2D eigenvalue weighted by Gasteiger charge is -2.24. The number of ether oxygens (including phenoxy) is 4. The van der Waals surface area contributed by atoms with E-state index in [0.29, 0.717) is 13.2 Å². The van der Waals surface area contributed by atoms with E-state index in [1.54, 1.807) is 0 Å². The molecule has 0 N–H and O–H groups in total. The molecule has 5 rings (SSSR count). The van der Waals surface area contributed by atoms with Crippen LogP contribution in [0, 0.1) is 34.6 Å². The maximum Gasteiger partial charge on any atom is 0.125 e. The molecule has 0 spiro atoms. The van der Waals surface area contributed by atoms with Crippen LogP contribution in [0.25, 0.3) is 0 Å². The van der Waals surface area contributed by atoms with E-state index >= 15 is 0 Å². The Kier molecular flexibility index (Phi) is 6.37. The van der Waals surface area contributed by atoms with Crippen LogP contribution in [0.1, 0.15) is 50.4 Å². The Labute approximate surface area is 202 Å². The van der Waals surface area contributed by atoms with Gasteiger partial charge in [-0.2, -0.15) is 0 Å². The second-order valence-electron chi connectivity index (χ2n) is 9.84. The van der Waals surface area contributed by atoms with E-state index in [-0.39, 0.29) is 18.1 Å². The van der Waals surface area contributed by atoms with Crippen molar-refractivity contribution in [3.63, 3.8) is 0 Å². The van der Waals surface area contributed by atoms with Gasteiger partial charge in [0.1, 0.15) is 36.9 Å². The highest BCUT2D eigenvalue weighted by molar-refractivity contribution is 5.53. The van der Waals surface area contributed by atoms with Crippen LogP contribution in [-0.2, 0) is 9.47 Å². The maximum absolute atomic E-state index is 6.11. The number of epoxide rings is 2. The summed E-state index contributed by atoms with van der Waals surface area (Å²) in [5, 5.41) is 0. The minimum atomic E-state index is 0.122. The van der Waals surface area contributed by atoms with Gasteiger partial charge >= 0.3 is 0 Å². The van der Waals surface area contributed by atoms with Crippen LogP contribution in [0.4, 0.5) is 0 Å². The zero-order valence-electron chi connectivity index (χ0n) is 20.8. The van der Waals surface area contributed by atoms with Crippen LogP contribution in [-0.4, -0.2) is 38.6 Å². The summed E-state index contributed by atoms with van der Waals surface area (Å²) >= 11 is 0. The van der Waals surface area contributed by atoms with Gasteiger partial charge in [-0.05, 0) is 73.6 Å². The summed E-state index contributed by atoms with van der Waals surface area (Å²) in [6, 6.07) is 18.0. The monoisotopic (exact) mass is 458 g/mol. The van der Waals surface area contributed by atoms with Crippen molar-refractivity contribution < 1.29 is 18.9 Å². The van der Waals surface area contributed by atoms with Crippen LogP contribution >= 0.6 is 0 Å². The van der Waals surface area contributed by atoms with Crippen molar-refractivity contribution in [3.05, 3.63) is 93.0 Å². The van der Waals surface area contributed by atoms with Gasteiger partial charge in [0.15, 0.2) is 0 Å². The molecule has 0 amide bonds. The smallest absolute Gasteiger partial charge is 0.125 e. The van der Waals surface area contributed by atoms with Crippen molar-refractivity contribution in [2.75, 3.05) is 26.4 Å². The van der Waals surface area contributed by atoms with Gasteiger partial charge in [-0.1, -0.05) is 54.1 Å². The number of hydrogen-bond acceptors (Lipinski definition) is 4. The first-order valence-corrected chi connectivity index (χ1v) is 12.2. The largest absolute Gasteiger partial charge is 0.490 e. The average molecular weight is 459 g/mol. The van der Waals surface area contributed by atoms with E-state index in [9.17, 15) is 0 Å². The highest BCUT2D eigenvalue weighted by atomic mass is 16.6. The predicted molar refractivity (Wildman–Crippen MR) is 134 cm³/mol. The summed E-state index contributed by atoms with van der Waals surface area (Å²) < 4.78 is 22.9. The molecule has 2 unspecified atom stereocenters. The van der Waals surface area contributed by atoms with Crippen molar-refractivity contribution in [3.8, 4) is 11.5 Å². The Balaban J connectivity index is 1.53. The number of hydrogen-bond donors (Lipinski definition) is 0. The van der Waals surface area contributed by atoms with Gasteiger partial charge in [-0.3, -0.25) is 0 Å². The molecule has 0 aliphatic carbocycles. The van der Waals surface area contributed by atoms with Crippen molar-refractivity contribution in [1.82, 2.24) is 0 Å². The van der Waals surface area contributed by atoms with Gasteiger partial charge < -0.3 is 18.9 Å². The van der Waals surface area contributed by atoms with E-state index in [1.165, 1.54) is 22.3 Å². The molecule has 3 aromatic carbocycles. The number of rotatable bonds is 9. The van der Waals surface area contributed by atoms with Crippen molar-refractivity contribution in [2.45, 2.75) is 52.7 Å². The minimum Gasteiger partial charge on any atom is -0.490 e. The summed E-state index contributed by atoms with van der Waals surface area (Å²) in [6.07, 6.45) is 0.494. The lowest BCUT2D eigenvalue weighted by atomic mass is 9.82. The zero-order valence-corrected chi connectivity index (χ0v) is 20.8. The van der Waals surface area contributed by atoms with Crippen molar-refractivity contribution >= 4 is 0 Å². The lowest BCUT2D eigenvalue weighted by Crippen LogP contribution is -2.10. The molecule has 2 fully saturated rings. The fourth-order valence-corrected chi connectivity index (χ4v) is 4.77. The number of aryl methyl sites for hydroxylation is 5. The van der Waals surface area contributed by atoms with Gasteiger partial charge in [-0.25, -0.2) is 0 Å². The van der Waals surface area contributed by atoms with Gasteiger partial charge in [0.05, 0.1) is 13.2 Å². The summed E-state index contributed by atoms with van der Waals surface area (Å²) in [6.45, 7) is 13.5. The fourth-order valence-electron chi connectivity index (χ4n) is 4.77. The molecule has 0 bridgehead atoms. The first-order valence-electron chi connectivity index (χ1n) is 12.2. The molecular weight excluding hydrogens is 424 g/mol. The van der Waals surface area contributed by atoms with Gasteiger partial charge in [0.25, 0.3) is 0 Å². The standard InChI is InChI=1S/C30H34O4/c1-18-6-8-23(9-7-18)28(24-10-19(2)29(20(3)11-24)33-16-26-14-31-26)25-12-21(4)30(22(5)13-25)34-17-27-15-32-27/h6-13,26-28H,14-17H2,1-5H3. The average Bonchev–Trinajstić information content (AvgIpc) is 3.70. The summed E-state index contributed by atoms with van der Waals surface area (Å²) in [5.74, 6) is 2.07. The Morgan fingerprint density at radius 2 is 1.03 bits per heavy atom. The molecule has 34 heavy (non-hydrogen) atoms. The zero-order chi connectivity index (χ0) is 23.8. The van der Waals surface area contributed by atoms with E-state index < -0.39 is 0 Å². The van der Waals surface area contributed by atoms with Crippen molar-refractivity contribution in [2.24, 2.45) is 0 Å². The third kappa shape index (κ3) is 5.13. The Morgan fingerprint density at radius 3 is 1.38 bits per heavy atom. The quantitative estimate of drug-likeness (QED) is 0.293. The van der Waals surface area contributed by atoms with Crippen molar-refractivity contribution in [1.29, 1.82) is 0 Å². The van der Waals surface area contributed by atoms with E-state index in [4.69, 9.17) is 18.9 Å². The Bertz CT molecular complexity index is 1060. The maximum atomic E-state index is 6.11. The van der Waals surface area contributed by atoms with Crippen LogP contribution in [0.3, 0.4) is 0 Å². The molecule has 4 heteroatoms. The first-order chi connectivity index (χ1) is 16.4. The molecule has 3 aromatic rings. The third-order valence-electron chi connectivity index (χ3n) is 6.67. The van der Waals surface area contributed by atoms with Gasteiger partial charge in [-0.15, -0.1) is 0 Å². The first kappa shape index (κ1) is 22.9. The molecule has 2 saturated heterocycles. The normalized spacial score (nSPS) is 19.6. The lowest BCUT2D eigenvalue weighted by molar-refractivity contribution is 0.260. The molecular formula is C30H34O4. The summed E-state index contributed by atoms with van der Waals surface area (Å²) in [5.41, 5.74) is 9.72. The molecule has 0 aromatic heterocycles. The Hall–Kier alpha value is -2.82. The van der Waals surface area contributed by atoms with Crippen LogP contribution < -0.4 is 9.47 Å². The SMILES string of the molecule is Cc1ccc(C(c2cc(C)c(OCC3CO3)c(C)c2)c2cc(C)c(OCC3CO3)c(C)c2)cc1. The molecule has 2 atom stereocenters. The second-order valence-corrected chi connectivity index (χ2v) is 9.84. The molecule has 2 aliphatic heterocycles. The van der Waals surface area contributed by atoms with Crippen LogP contribution in [0.5, 0.6) is 11.5 Å². The molecule has 0 radical (unpaired) electrons. The summed E-state index contributed by atoms with van der Waals surface area (Å²) in [4.78, 5) is 0. The molecule has 178 valence electrons. The topological polar surface area (TPSA) is 43.5 Å². The molecule has 4 nitrogen and oxygen atoms in total.